The van der Waals surface area contributed by atoms with E-state index in [4.69, 9.17) is 104 Å². The normalized spacial score (nSPS) is 35.2. The van der Waals surface area contributed by atoms with Crippen molar-refractivity contribution in [2.24, 2.45) is 5.73 Å². The molecule has 2 aliphatic carbocycles. The van der Waals surface area contributed by atoms with E-state index < -0.39 is 171 Å². The van der Waals surface area contributed by atoms with E-state index in [1.807, 2.05) is 0 Å². The molecular weight excluding hydrogens is 883 g/mol. The van der Waals surface area contributed by atoms with Gasteiger partial charge in [0.25, 0.3) is 0 Å². The van der Waals surface area contributed by atoms with Crippen molar-refractivity contribution in [3.63, 3.8) is 0 Å². The highest BCUT2D eigenvalue weighted by Crippen LogP contribution is 2.43. The molecule has 4 heterocycles. The van der Waals surface area contributed by atoms with Gasteiger partial charge < -0.3 is 49.7 Å². The van der Waals surface area contributed by atoms with Crippen LogP contribution in [0.3, 0.4) is 0 Å². The third-order valence-corrected chi connectivity index (χ3v) is 9.98. The van der Waals surface area contributed by atoms with Crippen LogP contribution < -0.4 is 11.1 Å². The van der Waals surface area contributed by atoms with Crippen molar-refractivity contribution in [2.45, 2.75) is 138 Å². The summed E-state index contributed by atoms with van der Waals surface area (Å²) >= 11 is 17.0. The van der Waals surface area contributed by atoms with Crippen LogP contribution in [0.15, 0.2) is 10.3 Å². The third-order valence-electron chi connectivity index (χ3n) is 8.05. The number of nitrogens with one attached hydrogen (secondary N) is 1. The van der Waals surface area contributed by atoms with Crippen molar-refractivity contribution >= 4 is 75.5 Å². The lowest BCUT2D eigenvalue weighted by atomic mass is 10.2. The Morgan fingerprint density at radius 2 is 1.24 bits per heavy atom. The molecule has 0 aromatic carbocycles. The van der Waals surface area contributed by atoms with Crippen molar-refractivity contribution in [1.82, 2.24) is 19.9 Å². The summed E-state index contributed by atoms with van der Waals surface area (Å²) in [7, 11) is 0. The number of aliphatic hydroxyl groups is 2. The molecule has 20 nitrogen and oxygen atoms in total. The van der Waals surface area contributed by atoms with Gasteiger partial charge in [-0.2, -0.15) is 4.98 Å². The summed E-state index contributed by atoms with van der Waals surface area (Å²) in [5.41, 5.74) is -1.86. The molecule has 2 aromatic heterocycles. The Balaban J connectivity index is 0.000000289. The maximum Gasteiger partial charge on any atom is 0.348 e. The zero-order valence-electron chi connectivity index (χ0n) is 52.7. The summed E-state index contributed by atoms with van der Waals surface area (Å²) in [6.45, 7) is -12.7. The Labute approximate surface area is 395 Å². The Bertz CT molecular complexity index is 2630. The average Bonchev–Trinajstić information content (AvgIpc) is 3.91. The summed E-state index contributed by atoms with van der Waals surface area (Å²) in [5, 5.41) is 40.6. The van der Waals surface area contributed by atoms with Gasteiger partial charge in [-0.05, 0) is 53.3 Å². The maximum atomic E-state index is 11.8. The smallest absolute Gasteiger partial charge is 0.348 e. The van der Waals surface area contributed by atoms with Gasteiger partial charge in [-0.25, -0.2) is 15.0 Å². The number of aromatic nitrogens is 4. The molecule has 0 spiro atoms. The minimum Gasteiger partial charge on any atom is -0.394 e. The minimum absolute atomic E-state index is 0.0131. The summed E-state index contributed by atoms with van der Waals surface area (Å²) in [6, 6.07) is -1.36. The van der Waals surface area contributed by atoms with E-state index in [0.29, 0.717) is 0 Å². The number of ether oxygens (including phenoxy) is 6. The standard InChI is InChI=1S/C17H25ClN4O6S.C10H19NO4.C7H7Cl2N3O2S/c1-4-7-29-16-20-14(18)11(22(24)25)15(21-16)19-9-8-10(26-6-5-23)13-12(9)27-17(2,3)28-13;1-10(2)14-8-6(11)5-7(9(8)15-10)13-4-3-12;1-2-3-15-7-10-5(8)4(12(13)14)6(9)11-7/h9-10,12-13,23H,4-8H2,1-3H3,(H,19,20,21);6-9,12H,3-5,11H2,1-2H3;2-3H2,1H3/t9-,10+,12+,13-;6-,7+,8+,9-;/m11./s1/i1D3,4D2,5D2,6D2,7D2;3D2,4D2;1D3,2D2,3D2. The lowest BCUT2D eigenvalue weighted by Gasteiger charge is -2.24. The third kappa shape index (κ3) is 13.5. The number of thioether (sulfide) groups is 2. The minimum atomic E-state index is -3.40. The quantitative estimate of drug-likeness (QED) is 0.0537. The number of hydrogen-bond acceptors (Lipinski definition) is 20. The van der Waals surface area contributed by atoms with Gasteiger partial charge in [0.1, 0.15) is 24.4 Å². The molecule has 2 saturated carbocycles. The number of hydrogen-bond donors (Lipinski definition) is 4. The van der Waals surface area contributed by atoms with Gasteiger partial charge in [-0.3, -0.25) is 20.2 Å². The van der Waals surface area contributed by atoms with Crippen LogP contribution in [0.4, 0.5) is 17.2 Å². The predicted molar refractivity (Wildman–Crippen MR) is 220 cm³/mol. The van der Waals surface area contributed by atoms with Crippen LogP contribution in [0.5, 0.6) is 0 Å². The highest BCUT2D eigenvalue weighted by atomic mass is 35.5. The topological polar surface area (TPSA) is 272 Å². The lowest BCUT2D eigenvalue weighted by molar-refractivity contribution is -0.385. The number of anilines is 1. The summed E-state index contributed by atoms with van der Waals surface area (Å²) in [6.07, 6.45) is -11.5. The monoisotopic (exact) mass is 954 g/mol. The number of nitro groups is 2. The second kappa shape index (κ2) is 22.4. The first-order valence-corrected chi connectivity index (χ1v) is 19.2. The molecule has 2 aromatic rings. The molecule has 0 amide bonds. The molecular formula is C34H51Cl3N8O12S2. The van der Waals surface area contributed by atoms with Crippen LogP contribution in [-0.2, 0) is 28.4 Å². The second-order valence-corrected chi connectivity index (χ2v) is 15.5. The van der Waals surface area contributed by atoms with Gasteiger partial charge >= 0.3 is 11.4 Å². The van der Waals surface area contributed by atoms with Gasteiger partial charge in [0.15, 0.2) is 21.9 Å². The predicted octanol–water partition coefficient (Wildman–Crippen LogP) is 5.43. The summed E-state index contributed by atoms with van der Waals surface area (Å²) in [5.74, 6) is -2.65. The Kier molecular flexibility index (Phi) is 10.1. The molecule has 2 aliphatic heterocycles. The van der Waals surface area contributed by atoms with E-state index in [9.17, 15) is 25.3 Å². The molecule has 59 heavy (non-hydrogen) atoms. The van der Waals surface area contributed by atoms with Crippen LogP contribution in [-0.4, -0.2) is 138 Å². The van der Waals surface area contributed by atoms with Gasteiger partial charge in [0.2, 0.25) is 21.3 Å². The van der Waals surface area contributed by atoms with E-state index in [2.05, 4.69) is 25.3 Å². The van der Waals surface area contributed by atoms with Crippen LogP contribution in [0.2, 0.25) is 15.5 Å². The van der Waals surface area contributed by atoms with Crippen molar-refractivity contribution in [1.29, 1.82) is 0 Å². The first-order valence-electron chi connectivity index (χ1n) is 27.4. The molecule has 25 heteroatoms. The molecule has 6 rings (SSSR count). The SMILES string of the molecule is [2H]C([2H])(O)C([2H])([2H])O[C@H]1C[C@@H](N)[C@@H]2OC(C)(C)O[C@@H]21.[2H]C([2H])([2H])C([2H])([2H])C([2H])([2H])Sc1nc(Cl)c([N+](=O)[O-])c(Cl)n1.[2H]C([2H])([2H])C([2H])([2H])C([2H])([2H])Sc1nc(Cl)c([N+](=O)[O-])c(N[C@@H]2C[C@H](OC([2H])([2H])C([2H])([2H])O)[C@H]3OC(C)(C)O[C@H]32)n1. The molecule has 0 radical (unpaired) electrons. The van der Waals surface area contributed by atoms with Gasteiger partial charge in [-0.15, -0.1) is 0 Å². The number of fused-ring (bicyclic) bond motifs is 2. The fourth-order valence-corrected chi connectivity index (χ4v) is 7.84. The van der Waals surface area contributed by atoms with Gasteiger partial charge in [0.05, 0.1) is 65.3 Å². The molecule has 8 atom stereocenters. The summed E-state index contributed by atoms with van der Waals surface area (Å²) in [4.78, 5) is 35.0. The molecule has 5 N–H and O–H groups in total. The van der Waals surface area contributed by atoms with Crippen LogP contribution >= 0.6 is 58.3 Å². The Morgan fingerprint density at radius 1 is 0.797 bits per heavy atom. The van der Waals surface area contributed by atoms with Crippen LogP contribution in [0.25, 0.3) is 0 Å². The number of nitrogens with zero attached hydrogens (tertiary/aromatic N) is 6. The zero-order chi connectivity index (χ0) is 63.0. The van der Waals surface area contributed by atoms with Crippen molar-refractivity contribution < 1.29 is 78.6 Å². The number of rotatable bonds is 16. The first-order chi connectivity index (χ1) is 35.9. The fraction of sp³-hybridized carbons (Fsp3) is 0.765. The van der Waals surface area contributed by atoms with Crippen molar-refractivity contribution in [3.8, 4) is 0 Å². The molecule has 4 aliphatic rings. The fourth-order valence-electron chi connectivity index (χ4n) is 6.10. The highest BCUT2D eigenvalue weighted by Gasteiger charge is 2.55. The van der Waals surface area contributed by atoms with E-state index >= 15 is 0 Å². The largest absolute Gasteiger partial charge is 0.394 e. The van der Waals surface area contributed by atoms with Gasteiger partial charge in [-0.1, -0.05) is 72.0 Å². The average molecular weight is 956 g/mol. The van der Waals surface area contributed by atoms with E-state index in [-0.39, 0.29) is 42.4 Å². The van der Waals surface area contributed by atoms with Gasteiger partial charge in [0, 0.05) is 36.6 Å². The molecule has 2 saturated heterocycles. The number of halogens is 3. The summed E-state index contributed by atoms with van der Waals surface area (Å²) < 4.78 is 197. The molecule has 0 bridgehead atoms. The Morgan fingerprint density at radius 3 is 1.73 bits per heavy atom. The first kappa shape index (κ1) is 26.6. The van der Waals surface area contributed by atoms with E-state index in [0.717, 1.165) is 0 Å². The number of nitrogens with two attached hydrogens (primary N) is 1. The highest BCUT2D eigenvalue weighted by molar-refractivity contribution is 7.99. The Hall–Kier alpha value is -2.03. The van der Waals surface area contributed by atoms with Crippen LogP contribution in [0.1, 0.15) is 97.1 Å². The molecule has 332 valence electrons. The maximum absolute atomic E-state index is 11.8. The zero-order valence-corrected chi connectivity index (χ0v) is 34.6. The van der Waals surface area contributed by atoms with Crippen LogP contribution in [0, 0.1) is 20.2 Å². The van der Waals surface area contributed by atoms with Crippen molar-refractivity contribution in [2.75, 3.05) is 43.0 Å². The molecule has 4 fully saturated rings. The van der Waals surface area contributed by atoms with E-state index in [1.165, 1.54) is 13.8 Å². The van der Waals surface area contributed by atoms with E-state index in [1.54, 1.807) is 13.8 Å². The second-order valence-electron chi connectivity index (χ2n) is 12.9. The molecule has 0 unspecified atom stereocenters. The lowest BCUT2D eigenvalue weighted by Crippen LogP contribution is -2.35. The van der Waals surface area contributed by atoms with Crippen molar-refractivity contribution in [3.05, 3.63) is 35.7 Å².